The van der Waals surface area contributed by atoms with E-state index in [0.29, 0.717) is 0 Å². The molecule has 0 aromatic carbocycles. The lowest BCUT2D eigenvalue weighted by Crippen LogP contribution is -2.44. The van der Waals surface area contributed by atoms with Crippen LogP contribution in [0.15, 0.2) is 18.5 Å². The first-order valence-electron chi connectivity index (χ1n) is 6.99. The summed E-state index contributed by atoms with van der Waals surface area (Å²) >= 11 is 0. The van der Waals surface area contributed by atoms with Crippen molar-refractivity contribution in [3.63, 3.8) is 0 Å². The number of hydrogen-bond donors (Lipinski definition) is 1. The molecule has 0 bridgehead atoms. The monoisotopic (exact) mass is 230 g/mol. The van der Waals surface area contributed by atoms with Crippen LogP contribution >= 0.6 is 0 Å². The average molecular weight is 230 g/mol. The second kappa shape index (κ2) is 4.41. The molecule has 0 amide bonds. The van der Waals surface area contributed by atoms with Crippen LogP contribution < -0.4 is 5.32 Å². The summed E-state index contributed by atoms with van der Waals surface area (Å²) in [6, 6.07) is 2.16. The maximum Gasteiger partial charge on any atom is 0.0481 e. The SMILES string of the molecule is Cc1ccncc1C1(C2CC2)CCCCCN1. The first kappa shape index (κ1) is 11.2. The van der Waals surface area contributed by atoms with Gasteiger partial charge < -0.3 is 5.32 Å². The lowest BCUT2D eigenvalue weighted by Gasteiger charge is -2.35. The topological polar surface area (TPSA) is 24.9 Å². The molecule has 0 spiro atoms. The minimum absolute atomic E-state index is 0.245. The molecule has 1 unspecified atom stereocenters. The number of aromatic nitrogens is 1. The second-order valence-electron chi connectivity index (χ2n) is 5.67. The number of nitrogens with zero attached hydrogens (tertiary/aromatic N) is 1. The first-order valence-corrected chi connectivity index (χ1v) is 6.99. The Balaban J connectivity index is 2.01. The largest absolute Gasteiger partial charge is 0.307 e. The maximum atomic E-state index is 4.37. The summed E-state index contributed by atoms with van der Waals surface area (Å²) in [5.74, 6) is 0.850. The van der Waals surface area contributed by atoms with Crippen LogP contribution in [0.2, 0.25) is 0 Å². The van der Waals surface area contributed by atoms with Gasteiger partial charge in [0.1, 0.15) is 0 Å². The summed E-state index contributed by atoms with van der Waals surface area (Å²) in [6.45, 7) is 3.40. The summed E-state index contributed by atoms with van der Waals surface area (Å²) in [5, 5.41) is 3.87. The van der Waals surface area contributed by atoms with Crippen LogP contribution in [-0.2, 0) is 5.54 Å². The Labute approximate surface area is 104 Å². The lowest BCUT2D eigenvalue weighted by atomic mass is 9.80. The smallest absolute Gasteiger partial charge is 0.0481 e. The molecule has 1 saturated heterocycles. The molecule has 1 saturated carbocycles. The van der Waals surface area contributed by atoms with Crippen molar-refractivity contribution in [1.29, 1.82) is 0 Å². The molecule has 1 aliphatic heterocycles. The normalized spacial score (nSPS) is 29.9. The Bertz CT molecular complexity index is 388. The summed E-state index contributed by atoms with van der Waals surface area (Å²) in [5.41, 5.74) is 3.11. The van der Waals surface area contributed by atoms with E-state index in [1.807, 2.05) is 6.20 Å². The van der Waals surface area contributed by atoms with Gasteiger partial charge in [-0.3, -0.25) is 4.98 Å². The zero-order valence-corrected chi connectivity index (χ0v) is 10.7. The van der Waals surface area contributed by atoms with E-state index in [1.54, 1.807) is 0 Å². The van der Waals surface area contributed by atoms with E-state index in [-0.39, 0.29) is 5.54 Å². The van der Waals surface area contributed by atoms with Gasteiger partial charge in [-0.1, -0.05) is 12.8 Å². The molecule has 2 nitrogen and oxygen atoms in total. The van der Waals surface area contributed by atoms with E-state index >= 15 is 0 Å². The highest BCUT2D eigenvalue weighted by atomic mass is 15.0. The van der Waals surface area contributed by atoms with Crippen molar-refractivity contribution in [2.45, 2.75) is 51.0 Å². The molecule has 1 aliphatic carbocycles. The van der Waals surface area contributed by atoms with Crippen molar-refractivity contribution in [3.05, 3.63) is 29.6 Å². The summed E-state index contributed by atoms with van der Waals surface area (Å²) in [4.78, 5) is 4.37. The molecule has 92 valence electrons. The molecule has 1 atom stereocenters. The highest BCUT2D eigenvalue weighted by Crippen LogP contribution is 2.49. The number of nitrogens with one attached hydrogen (secondary N) is 1. The fraction of sp³-hybridized carbons (Fsp3) is 0.667. The van der Waals surface area contributed by atoms with Crippen LogP contribution in [-0.4, -0.2) is 11.5 Å². The number of hydrogen-bond acceptors (Lipinski definition) is 2. The molecular weight excluding hydrogens is 208 g/mol. The standard InChI is InChI=1S/C15H22N2/c1-12-7-10-16-11-14(12)15(13-5-6-13)8-3-2-4-9-17-15/h7,10-11,13,17H,2-6,8-9H2,1H3. The van der Waals surface area contributed by atoms with E-state index in [9.17, 15) is 0 Å². The molecule has 17 heavy (non-hydrogen) atoms. The Kier molecular flexibility index (Phi) is 2.91. The summed E-state index contributed by atoms with van der Waals surface area (Å²) in [7, 11) is 0. The Hall–Kier alpha value is -0.890. The van der Waals surface area contributed by atoms with Crippen molar-refractivity contribution in [1.82, 2.24) is 10.3 Å². The molecule has 3 rings (SSSR count). The fourth-order valence-electron chi connectivity index (χ4n) is 3.41. The van der Waals surface area contributed by atoms with E-state index < -0.39 is 0 Å². The van der Waals surface area contributed by atoms with Gasteiger partial charge in [0.15, 0.2) is 0 Å². The number of aryl methyl sites for hydroxylation is 1. The van der Waals surface area contributed by atoms with Crippen molar-refractivity contribution in [3.8, 4) is 0 Å². The van der Waals surface area contributed by atoms with Crippen molar-refractivity contribution in [2.75, 3.05) is 6.54 Å². The summed E-state index contributed by atoms with van der Waals surface area (Å²) in [6.07, 6.45) is 12.2. The predicted octanol–water partition coefficient (Wildman–Crippen LogP) is 3.16. The molecule has 2 fully saturated rings. The Morgan fingerprint density at radius 3 is 2.94 bits per heavy atom. The highest BCUT2D eigenvalue weighted by molar-refractivity contribution is 5.32. The van der Waals surface area contributed by atoms with Gasteiger partial charge in [-0.15, -0.1) is 0 Å². The van der Waals surface area contributed by atoms with Crippen molar-refractivity contribution < 1.29 is 0 Å². The third kappa shape index (κ3) is 1.99. The van der Waals surface area contributed by atoms with Gasteiger partial charge in [0.2, 0.25) is 0 Å². The molecular formula is C15H22N2. The summed E-state index contributed by atoms with van der Waals surface area (Å²) < 4.78 is 0. The van der Waals surface area contributed by atoms with Crippen LogP contribution in [0.5, 0.6) is 0 Å². The van der Waals surface area contributed by atoms with Crippen molar-refractivity contribution in [2.24, 2.45) is 5.92 Å². The minimum Gasteiger partial charge on any atom is -0.307 e. The number of rotatable bonds is 2. The van der Waals surface area contributed by atoms with Gasteiger partial charge >= 0.3 is 0 Å². The molecule has 0 radical (unpaired) electrons. The molecule has 1 aromatic rings. The van der Waals surface area contributed by atoms with Crippen LogP contribution in [0.3, 0.4) is 0 Å². The van der Waals surface area contributed by atoms with Crippen LogP contribution in [0.1, 0.15) is 49.7 Å². The Morgan fingerprint density at radius 1 is 1.29 bits per heavy atom. The van der Waals surface area contributed by atoms with Crippen LogP contribution in [0.25, 0.3) is 0 Å². The molecule has 2 aliphatic rings. The number of pyridine rings is 1. The predicted molar refractivity (Wildman–Crippen MR) is 69.8 cm³/mol. The zero-order valence-electron chi connectivity index (χ0n) is 10.7. The van der Waals surface area contributed by atoms with Crippen LogP contribution in [0.4, 0.5) is 0 Å². The van der Waals surface area contributed by atoms with Gasteiger partial charge in [0.25, 0.3) is 0 Å². The molecule has 1 N–H and O–H groups in total. The molecule has 2 heterocycles. The van der Waals surface area contributed by atoms with E-state index in [4.69, 9.17) is 0 Å². The van der Waals surface area contributed by atoms with Gasteiger partial charge in [-0.05, 0) is 62.3 Å². The van der Waals surface area contributed by atoms with Gasteiger partial charge in [-0.25, -0.2) is 0 Å². The lowest BCUT2D eigenvalue weighted by molar-refractivity contribution is 0.277. The van der Waals surface area contributed by atoms with E-state index in [0.717, 1.165) is 5.92 Å². The minimum atomic E-state index is 0.245. The average Bonchev–Trinajstić information content (AvgIpc) is 3.17. The first-order chi connectivity index (χ1) is 8.33. The van der Waals surface area contributed by atoms with Gasteiger partial charge in [0.05, 0.1) is 0 Å². The third-order valence-electron chi connectivity index (χ3n) is 4.48. The van der Waals surface area contributed by atoms with Crippen molar-refractivity contribution >= 4 is 0 Å². The Morgan fingerprint density at radius 2 is 2.18 bits per heavy atom. The zero-order chi connectivity index (χ0) is 11.7. The maximum absolute atomic E-state index is 4.37. The third-order valence-corrected chi connectivity index (χ3v) is 4.48. The van der Waals surface area contributed by atoms with E-state index in [1.165, 1.54) is 56.2 Å². The highest BCUT2D eigenvalue weighted by Gasteiger charge is 2.46. The van der Waals surface area contributed by atoms with Gasteiger partial charge in [0, 0.05) is 17.9 Å². The second-order valence-corrected chi connectivity index (χ2v) is 5.67. The quantitative estimate of drug-likeness (QED) is 0.844. The fourth-order valence-corrected chi connectivity index (χ4v) is 3.41. The molecule has 1 aromatic heterocycles. The van der Waals surface area contributed by atoms with Gasteiger partial charge in [-0.2, -0.15) is 0 Å². The molecule has 2 heteroatoms. The van der Waals surface area contributed by atoms with Crippen LogP contribution in [0, 0.1) is 12.8 Å². The van der Waals surface area contributed by atoms with E-state index in [2.05, 4.69) is 29.5 Å².